The second-order valence-corrected chi connectivity index (χ2v) is 11.2. The van der Waals surface area contributed by atoms with Crippen molar-refractivity contribution in [2.45, 2.75) is 38.8 Å². The molecule has 2 aromatic heterocycles. The molecule has 7 rings (SSSR count). The molecule has 208 valence electrons. The predicted molar refractivity (Wildman–Crippen MR) is 162 cm³/mol. The fraction of sp³-hybridized carbons (Fsp3) is 0.235. The number of nitrogens with zero attached hydrogens (tertiary/aromatic N) is 6. The number of aliphatic imine (C=N–C) groups is 2. The van der Waals surface area contributed by atoms with Gasteiger partial charge in [0.05, 0.1) is 34.2 Å². The molecule has 1 fully saturated rings. The molecule has 2 atom stereocenters. The number of carbonyl (C=O) groups excluding carboxylic acids is 2. The van der Waals surface area contributed by atoms with E-state index in [0.717, 1.165) is 33.9 Å². The zero-order chi connectivity index (χ0) is 28.8. The van der Waals surface area contributed by atoms with Crippen LogP contribution in [0.4, 0.5) is 11.4 Å². The van der Waals surface area contributed by atoms with Gasteiger partial charge in [0.1, 0.15) is 11.4 Å². The minimum absolute atomic E-state index is 0.140. The van der Waals surface area contributed by atoms with Gasteiger partial charge in [0.25, 0.3) is 11.8 Å². The van der Waals surface area contributed by atoms with E-state index in [1.807, 2.05) is 79.4 Å². The minimum atomic E-state index is -0.194. The summed E-state index contributed by atoms with van der Waals surface area (Å²) in [7, 11) is 0. The molecule has 0 unspecified atom stereocenters. The van der Waals surface area contributed by atoms with Gasteiger partial charge in [-0.1, -0.05) is 48.5 Å². The van der Waals surface area contributed by atoms with E-state index in [1.165, 1.54) is 0 Å². The molecule has 5 heterocycles. The Balaban J connectivity index is 1.05. The second kappa shape index (κ2) is 10.4. The summed E-state index contributed by atoms with van der Waals surface area (Å²) in [5, 5.41) is 0. The summed E-state index contributed by atoms with van der Waals surface area (Å²) >= 11 is 0. The van der Waals surface area contributed by atoms with Gasteiger partial charge in [-0.25, -0.2) is 9.97 Å². The normalized spacial score (nSPS) is 19.2. The van der Waals surface area contributed by atoms with Crippen molar-refractivity contribution in [1.82, 2.24) is 19.8 Å². The number of hydrogen-bond acceptors (Lipinski definition) is 6. The molecule has 0 bridgehead atoms. The molecule has 0 aliphatic carbocycles. The van der Waals surface area contributed by atoms with E-state index >= 15 is 0 Å². The second-order valence-electron chi connectivity index (χ2n) is 11.2. The lowest BCUT2D eigenvalue weighted by Gasteiger charge is -2.44. The predicted octanol–water partition coefficient (Wildman–Crippen LogP) is 5.21. The van der Waals surface area contributed by atoms with Crippen LogP contribution in [0.1, 0.15) is 57.3 Å². The van der Waals surface area contributed by atoms with Crippen molar-refractivity contribution >= 4 is 34.6 Å². The molecule has 0 spiro atoms. The van der Waals surface area contributed by atoms with Crippen molar-refractivity contribution < 1.29 is 9.59 Å². The molecular weight excluding hydrogens is 524 g/mol. The standard InChI is InChI=1S/C34H30N6O2/c1-21-19-39(33(41)29-15-7-13-27(37-29)31-17-23-9-3-5-11-25(23)35-31)20-22(2)40(21)34(42)30-16-8-14-28(38-30)32-18-24-10-4-6-12-26(24)36-32/h3-16,21-22H,17-20H2,1-2H3/t21-,22+. The molecule has 4 aromatic rings. The van der Waals surface area contributed by atoms with Gasteiger partial charge >= 0.3 is 0 Å². The molecule has 3 aliphatic heterocycles. The summed E-state index contributed by atoms with van der Waals surface area (Å²) in [5.41, 5.74) is 8.17. The fourth-order valence-corrected chi connectivity index (χ4v) is 6.18. The van der Waals surface area contributed by atoms with E-state index in [-0.39, 0.29) is 23.9 Å². The molecule has 8 heteroatoms. The van der Waals surface area contributed by atoms with Crippen molar-refractivity contribution in [1.29, 1.82) is 0 Å². The molecule has 1 saturated heterocycles. The average Bonchev–Trinajstić information content (AvgIpc) is 3.65. The largest absolute Gasteiger partial charge is 0.333 e. The van der Waals surface area contributed by atoms with Gasteiger partial charge < -0.3 is 9.80 Å². The topological polar surface area (TPSA) is 91.1 Å². The number of carbonyl (C=O) groups is 2. The van der Waals surface area contributed by atoms with Crippen LogP contribution in [0.3, 0.4) is 0 Å². The number of fused-ring (bicyclic) bond motifs is 2. The van der Waals surface area contributed by atoms with E-state index in [4.69, 9.17) is 20.0 Å². The Morgan fingerprint density at radius 2 is 1.10 bits per heavy atom. The number of benzene rings is 2. The average molecular weight is 555 g/mol. The number of piperazine rings is 1. The fourth-order valence-electron chi connectivity index (χ4n) is 6.18. The lowest BCUT2D eigenvalue weighted by molar-refractivity contribution is 0.0248. The van der Waals surface area contributed by atoms with Gasteiger partial charge in [0.2, 0.25) is 0 Å². The molecule has 0 radical (unpaired) electrons. The van der Waals surface area contributed by atoms with Crippen LogP contribution in [0.2, 0.25) is 0 Å². The first kappa shape index (κ1) is 26.0. The highest BCUT2D eigenvalue weighted by molar-refractivity contribution is 6.07. The third kappa shape index (κ3) is 4.68. The molecule has 2 amide bonds. The first-order valence-electron chi connectivity index (χ1n) is 14.3. The summed E-state index contributed by atoms with van der Waals surface area (Å²) in [6.07, 6.45) is 1.40. The van der Waals surface area contributed by atoms with Gasteiger partial charge in [-0.15, -0.1) is 0 Å². The van der Waals surface area contributed by atoms with Gasteiger partial charge in [-0.05, 0) is 61.4 Å². The zero-order valence-corrected chi connectivity index (χ0v) is 23.6. The maximum Gasteiger partial charge on any atom is 0.273 e. The number of para-hydroxylation sites is 2. The van der Waals surface area contributed by atoms with E-state index in [2.05, 4.69) is 12.1 Å². The van der Waals surface area contributed by atoms with E-state index in [1.54, 1.807) is 17.0 Å². The molecular formula is C34H30N6O2. The van der Waals surface area contributed by atoms with Crippen LogP contribution < -0.4 is 0 Å². The number of rotatable bonds is 4. The Labute approximate surface area is 244 Å². The lowest BCUT2D eigenvalue weighted by Crippen LogP contribution is -2.60. The minimum Gasteiger partial charge on any atom is -0.333 e. The van der Waals surface area contributed by atoms with Crippen LogP contribution in [0, 0.1) is 0 Å². The van der Waals surface area contributed by atoms with Crippen LogP contribution in [0.15, 0.2) is 94.9 Å². The van der Waals surface area contributed by atoms with Gasteiger partial charge in [0, 0.05) is 38.0 Å². The Morgan fingerprint density at radius 1 is 0.619 bits per heavy atom. The van der Waals surface area contributed by atoms with Gasteiger partial charge in [0.15, 0.2) is 0 Å². The first-order chi connectivity index (χ1) is 20.4. The van der Waals surface area contributed by atoms with Crippen molar-refractivity contribution in [2.24, 2.45) is 9.98 Å². The number of pyridine rings is 2. The third-order valence-corrected chi connectivity index (χ3v) is 8.18. The van der Waals surface area contributed by atoms with E-state index in [0.29, 0.717) is 48.7 Å². The highest BCUT2D eigenvalue weighted by Gasteiger charge is 2.36. The van der Waals surface area contributed by atoms with E-state index in [9.17, 15) is 9.59 Å². The molecule has 0 N–H and O–H groups in total. The summed E-state index contributed by atoms with van der Waals surface area (Å²) in [6.45, 7) is 4.78. The van der Waals surface area contributed by atoms with Gasteiger partial charge in [-0.3, -0.25) is 19.6 Å². The SMILES string of the molecule is C[C@@H]1CN(C(=O)c2cccc(C3=Nc4ccccc4C3)n2)C[C@H](C)N1C(=O)c1cccc(C2=Nc3ccccc3C2)n1. The Hall–Kier alpha value is -4.98. The Bertz CT molecular complexity index is 1780. The number of hydrogen-bond donors (Lipinski definition) is 0. The monoisotopic (exact) mass is 554 g/mol. The van der Waals surface area contributed by atoms with Gasteiger partial charge in [-0.2, -0.15) is 0 Å². The molecule has 0 saturated carbocycles. The molecule has 2 aromatic carbocycles. The van der Waals surface area contributed by atoms with Crippen LogP contribution in [-0.4, -0.2) is 68.2 Å². The number of amides is 2. The van der Waals surface area contributed by atoms with Crippen molar-refractivity contribution in [3.05, 3.63) is 119 Å². The zero-order valence-electron chi connectivity index (χ0n) is 23.6. The number of aromatic nitrogens is 2. The molecule has 42 heavy (non-hydrogen) atoms. The van der Waals surface area contributed by atoms with Crippen molar-refractivity contribution in [3.8, 4) is 0 Å². The van der Waals surface area contributed by atoms with Crippen LogP contribution in [-0.2, 0) is 12.8 Å². The summed E-state index contributed by atoms with van der Waals surface area (Å²) in [4.78, 5) is 49.9. The van der Waals surface area contributed by atoms with Crippen molar-refractivity contribution in [2.75, 3.05) is 13.1 Å². The van der Waals surface area contributed by atoms with Crippen LogP contribution >= 0.6 is 0 Å². The Morgan fingerprint density at radius 3 is 1.60 bits per heavy atom. The third-order valence-electron chi connectivity index (χ3n) is 8.18. The molecule has 3 aliphatic rings. The Kier molecular flexibility index (Phi) is 6.46. The maximum atomic E-state index is 13.7. The summed E-state index contributed by atoms with van der Waals surface area (Å²) in [6, 6.07) is 26.7. The maximum absolute atomic E-state index is 13.7. The van der Waals surface area contributed by atoms with Crippen molar-refractivity contribution in [3.63, 3.8) is 0 Å². The summed E-state index contributed by atoms with van der Waals surface area (Å²) in [5.74, 6) is -0.281. The first-order valence-corrected chi connectivity index (χ1v) is 14.3. The van der Waals surface area contributed by atoms with Crippen LogP contribution in [0.5, 0.6) is 0 Å². The smallest absolute Gasteiger partial charge is 0.273 e. The quantitative estimate of drug-likeness (QED) is 0.347. The lowest BCUT2D eigenvalue weighted by atomic mass is 10.1. The highest BCUT2D eigenvalue weighted by atomic mass is 16.2. The highest BCUT2D eigenvalue weighted by Crippen LogP contribution is 2.29. The summed E-state index contributed by atoms with van der Waals surface area (Å²) < 4.78 is 0. The van der Waals surface area contributed by atoms with Crippen LogP contribution in [0.25, 0.3) is 0 Å². The molecule has 8 nitrogen and oxygen atoms in total. The van der Waals surface area contributed by atoms with E-state index < -0.39 is 0 Å².